The molecule has 0 amide bonds. The second kappa shape index (κ2) is 4.48. The molecule has 0 aromatic carbocycles. The van der Waals surface area contributed by atoms with Crippen molar-refractivity contribution < 1.29 is 0 Å². The Morgan fingerprint density at radius 2 is 2.06 bits per heavy atom. The highest BCUT2D eigenvalue weighted by atomic mass is 15.3. The number of hydrogen-bond acceptors (Lipinski definition) is 5. The first-order valence-electron chi connectivity index (χ1n) is 5.56. The zero-order valence-corrected chi connectivity index (χ0v) is 10.4. The van der Waals surface area contributed by atoms with Gasteiger partial charge in [0, 0.05) is 18.3 Å². The van der Waals surface area contributed by atoms with Crippen molar-refractivity contribution in [3.05, 3.63) is 17.5 Å². The van der Waals surface area contributed by atoms with Crippen molar-refractivity contribution in [2.75, 3.05) is 12.4 Å². The third kappa shape index (κ3) is 2.11. The largest absolute Gasteiger partial charge is 0.373 e. The average Bonchev–Trinajstić information content (AvgIpc) is 2.80. The molecule has 0 saturated heterocycles. The summed E-state index contributed by atoms with van der Waals surface area (Å²) in [4.78, 5) is 8.94. The van der Waals surface area contributed by atoms with Crippen LogP contribution in [0.1, 0.15) is 31.0 Å². The number of aromatic amines is 1. The first-order chi connectivity index (χ1) is 8.13. The topological polar surface area (TPSA) is 79.4 Å². The summed E-state index contributed by atoms with van der Waals surface area (Å²) in [6.07, 6.45) is 1.61. The predicted molar refractivity (Wildman–Crippen MR) is 65.8 cm³/mol. The van der Waals surface area contributed by atoms with Crippen molar-refractivity contribution in [1.82, 2.24) is 25.4 Å². The van der Waals surface area contributed by atoms with Crippen LogP contribution in [0.4, 0.5) is 5.82 Å². The highest BCUT2D eigenvalue weighted by Gasteiger charge is 2.15. The van der Waals surface area contributed by atoms with Crippen LogP contribution in [0.3, 0.4) is 0 Å². The Hall–Kier alpha value is -1.98. The third-order valence-corrected chi connectivity index (χ3v) is 2.59. The summed E-state index contributed by atoms with van der Waals surface area (Å²) in [7, 11) is 1.86. The number of aryl methyl sites for hydroxylation is 1. The molecular formula is C11H16N6. The Morgan fingerprint density at radius 1 is 1.29 bits per heavy atom. The van der Waals surface area contributed by atoms with Crippen LogP contribution in [-0.4, -0.2) is 32.4 Å². The smallest absolute Gasteiger partial charge is 0.184 e. The molecule has 17 heavy (non-hydrogen) atoms. The lowest BCUT2D eigenvalue weighted by Gasteiger charge is -2.14. The molecule has 0 atom stereocenters. The van der Waals surface area contributed by atoms with Gasteiger partial charge in [0.2, 0.25) is 0 Å². The van der Waals surface area contributed by atoms with Crippen LogP contribution in [0.5, 0.6) is 0 Å². The van der Waals surface area contributed by atoms with Gasteiger partial charge >= 0.3 is 0 Å². The fourth-order valence-corrected chi connectivity index (χ4v) is 1.89. The Bertz CT molecular complexity index is 503. The van der Waals surface area contributed by atoms with Crippen molar-refractivity contribution in [2.24, 2.45) is 0 Å². The second-order valence-electron chi connectivity index (χ2n) is 4.15. The Morgan fingerprint density at radius 3 is 2.59 bits per heavy atom. The van der Waals surface area contributed by atoms with Crippen molar-refractivity contribution in [3.8, 4) is 11.5 Å². The van der Waals surface area contributed by atoms with Crippen LogP contribution >= 0.6 is 0 Å². The van der Waals surface area contributed by atoms with Gasteiger partial charge in [-0.05, 0) is 12.8 Å². The van der Waals surface area contributed by atoms with E-state index in [9.17, 15) is 0 Å². The van der Waals surface area contributed by atoms with Crippen LogP contribution < -0.4 is 5.32 Å². The fourth-order valence-electron chi connectivity index (χ4n) is 1.89. The molecule has 0 bridgehead atoms. The lowest BCUT2D eigenvalue weighted by molar-refractivity contribution is 0.832. The number of rotatable bonds is 3. The molecule has 2 rings (SSSR count). The highest BCUT2D eigenvalue weighted by molar-refractivity contribution is 5.56. The summed E-state index contributed by atoms with van der Waals surface area (Å²) in [6, 6.07) is 0. The molecular weight excluding hydrogens is 216 g/mol. The summed E-state index contributed by atoms with van der Waals surface area (Å²) in [5.41, 5.74) is 2.76. The molecule has 0 spiro atoms. The molecule has 2 heterocycles. The van der Waals surface area contributed by atoms with Gasteiger partial charge in [0.1, 0.15) is 11.5 Å². The number of nitrogens with zero attached hydrogens (tertiary/aromatic N) is 4. The highest BCUT2D eigenvalue weighted by Crippen LogP contribution is 2.26. The Balaban J connectivity index is 2.56. The number of aromatic nitrogens is 5. The number of hydrogen-bond donors (Lipinski definition) is 2. The summed E-state index contributed by atoms with van der Waals surface area (Å²) in [6.45, 7) is 6.24. The van der Waals surface area contributed by atoms with Crippen LogP contribution in [-0.2, 0) is 0 Å². The van der Waals surface area contributed by atoms with E-state index in [0.717, 1.165) is 17.1 Å². The van der Waals surface area contributed by atoms with E-state index >= 15 is 0 Å². The monoisotopic (exact) mass is 232 g/mol. The van der Waals surface area contributed by atoms with Gasteiger partial charge in [0.15, 0.2) is 5.82 Å². The molecule has 6 nitrogen and oxygen atoms in total. The maximum absolute atomic E-state index is 4.47. The fraction of sp³-hybridized carbons (Fsp3) is 0.455. The van der Waals surface area contributed by atoms with Crippen molar-refractivity contribution in [2.45, 2.75) is 26.7 Å². The van der Waals surface area contributed by atoms with E-state index in [1.807, 2.05) is 14.0 Å². The molecule has 0 aliphatic rings. The molecule has 0 fully saturated rings. The molecule has 90 valence electrons. The molecule has 0 aliphatic carbocycles. The molecule has 0 radical (unpaired) electrons. The van der Waals surface area contributed by atoms with Gasteiger partial charge in [-0.2, -0.15) is 15.4 Å². The number of H-pyrrole nitrogens is 1. The van der Waals surface area contributed by atoms with Crippen molar-refractivity contribution in [1.29, 1.82) is 0 Å². The molecule has 2 aromatic rings. The molecule has 2 aromatic heterocycles. The number of anilines is 1. The quantitative estimate of drug-likeness (QED) is 0.842. The molecule has 0 saturated carbocycles. The van der Waals surface area contributed by atoms with Crippen LogP contribution in [0.15, 0.2) is 6.20 Å². The van der Waals surface area contributed by atoms with Crippen molar-refractivity contribution >= 4 is 5.82 Å². The molecule has 0 unspecified atom stereocenters. The second-order valence-corrected chi connectivity index (χ2v) is 4.15. The third-order valence-electron chi connectivity index (χ3n) is 2.59. The Kier molecular flexibility index (Phi) is 3.03. The van der Waals surface area contributed by atoms with E-state index in [-0.39, 0.29) is 0 Å². The van der Waals surface area contributed by atoms with Crippen LogP contribution in [0.25, 0.3) is 11.5 Å². The lowest BCUT2D eigenvalue weighted by Crippen LogP contribution is -2.07. The standard InChI is InChI=1S/C11H16N6/c1-6(2)9-7(3)14-10(15-11(9)12-4)8-5-13-17-16-8/h5-6H,1-4H3,(H,12,14,15)(H,13,16,17). The van der Waals surface area contributed by atoms with Gasteiger partial charge in [-0.1, -0.05) is 13.8 Å². The summed E-state index contributed by atoms with van der Waals surface area (Å²) < 4.78 is 0. The minimum atomic E-state index is 0.379. The van der Waals surface area contributed by atoms with Gasteiger partial charge in [0.05, 0.1) is 6.20 Å². The van der Waals surface area contributed by atoms with Gasteiger partial charge in [0.25, 0.3) is 0 Å². The maximum Gasteiger partial charge on any atom is 0.184 e. The van der Waals surface area contributed by atoms with Gasteiger partial charge in [-0.15, -0.1) is 0 Å². The van der Waals surface area contributed by atoms with Crippen LogP contribution in [0, 0.1) is 6.92 Å². The first-order valence-corrected chi connectivity index (χ1v) is 5.56. The lowest BCUT2D eigenvalue weighted by atomic mass is 10.0. The minimum Gasteiger partial charge on any atom is -0.373 e. The van der Waals surface area contributed by atoms with Crippen molar-refractivity contribution in [3.63, 3.8) is 0 Å². The van der Waals surface area contributed by atoms with Gasteiger partial charge in [-0.3, -0.25) is 0 Å². The van der Waals surface area contributed by atoms with E-state index in [1.54, 1.807) is 6.20 Å². The zero-order valence-electron chi connectivity index (χ0n) is 10.4. The first kappa shape index (κ1) is 11.5. The summed E-state index contributed by atoms with van der Waals surface area (Å²) in [5, 5.41) is 13.4. The van der Waals surface area contributed by atoms with E-state index < -0.39 is 0 Å². The van der Waals surface area contributed by atoms with Gasteiger partial charge < -0.3 is 5.32 Å². The van der Waals surface area contributed by atoms with E-state index in [4.69, 9.17) is 0 Å². The minimum absolute atomic E-state index is 0.379. The normalized spacial score (nSPS) is 10.9. The summed E-state index contributed by atoms with van der Waals surface area (Å²) >= 11 is 0. The molecule has 2 N–H and O–H groups in total. The molecule has 0 aliphatic heterocycles. The summed E-state index contributed by atoms with van der Waals surface area (Å²) in [5.74, 6) is 1.82. The Labute approximate surface area is 99.9 Å². The molecule has 6 heteroatoms. The zero-order chi connectivity index (χ0) is 12.4. The van der Waals surface area contributed by atoms with Gasteiger partial charge in [-0.25, -0.2) is 9.97 Å². The van der Waals surface area contributed by atoms with E-state index in [1.165, 1.54) is 0 Å². The van der Waals surface area contributed by atoms with E-state index in [2.05, 4.69) is 44.5 Å². The SMILES string of the molecule is CNc1nc(-c2cn[nH]n2)nc(C)c1C(C)C. The average molecular weight is 232 g/mol. The number of nitrogens with one attached hydrogen (secondary N) is 2. The van der Waals surface area contributed by atoms with E-state index in [0.29, 0.717) is 17.4 Å². The van der Waals surface area contributed by atoms with Crippen LogP contribution in [0.2, 0.25) is 0 Å². The predicted octanol–water partition coefficient (Wildman–Crippen LogP) is 1.74. The maximum atomic E-state index is 4.47.